The average Bonchev–Trinajstić information content (AvgIpc) is 3.33. The predicted molar refractivity (Wildman–Crippen MR) is 94.1 cm³/mol. The van der Waals surface area contributed by atoms with Crippen LogP contribution in [0.1, 0.15) is 36.5 Å². The van der Waals surface area contributed by atoms with Gasteiger partial charge in [0.25, 0.3) is 11.8 Å². The van der Waals surface area contributed by atoms with Gasteiger partial charge >= 0.3 is 0 Å². The molecule has 0 bridgehead atoms. The molecular weight excluding hydrogens is 360 g/mol. The molecule has 0 fully saturated rings. The zero-order chi connectivity index (χ0) is 17.4. The molecule has 25 heavy (non-hydrogen) atoms. The largest absolute Gasteiger partial charge is 0.361 e. The van der Waals surface area contributed by atoms with Crippen LogP contribution in [0.5, 0.6) is 0 Å². The van der Waals surface area contributed by atoms with Gasteiger partial charge in [0.15, 0.2) is 10.8 Å². The van der Waals surface area contributed by atoms with Gasteiger partial charge in [0.2, 0.25) is 0 Å². The van der Waals surface area contributed by atoms with Gasteiger partial charge in [0, 0.05) is 23.9 Å². The van der Waals surface area contributed by atoms with Gasteiger partial charge in [0.05, 0.1) is 17.1 Å². The number of thiophene rings is 1. The van der Waals surface area contributed by atoms with Crippen molar-refractivity contribution in [3.63, 3.8) is 0 Å². The molecular formula is C16H14N4O3S2. The second kappa shape index (κ2) is 6.41. The van der Waals surface area contributed by atoms with E-state index in [9.17, 15) is 9.59 Å². The van der Waals surface area contributed by atoms with Gasteiger partial charge in [-0.2, -0.15) is 0 Å². The van der Waals surface area contributed by atoms with E-state index in [4.69, 9.17) is 4.52 Å². The fourth-order valence-corrected chi connectivity index (χ4v) is 4.26. The summed E-state index contributed by atoms with van der Waals surface area (Å²) in [6, 6.07) is 5.24. The van der Waals surface area contributed by atoms with Crippen LogP contribution in [0.25, 0.3) is 0 Å². The molecule has 0 aromatic carbocycles. The Labute approximate surface area is 151 Å². The molecule has 0 aliphatic carbocycles. The second-order valence-electron chi connectivity index (χ2n) is 5.62. The molecule has 1 N–H and O–H groups in total. The number of carbonyl (C=O) groups is 2. The summed E-state index contributed by atoms with van der Waals surface area (Å²) in [6.07, 6.45) is 0.656. The predicted octanol–water partition coefficient (Wildman–Crippen LogP) is 2.95. The Balaban J connectivity index is 1.47. The molecule has 0 saturated heterocycles. The van der Waals surface area contributed by atoms with Crippen LogP contribution < -0.4 is 5.32 Å². The van der Waals surface area contributed by atoms with Crippen molar-refractivity contribution in [3.05, 3.63) is 50.5 Å². The third kappa shape index (κ3) is 3.20. The van der Waals surface area contributed by atoms with Gasteiger partial charge in [-0.25, -0.2) is 4.98 Å². The van der Waals surface area contributed by atoms with Crippen LogP contribution in [0.15, 0.2) is 28.1 Å². The van der Waals surface area contributed by atoms with E-state index >= 15 is 0 Å². The first-order valence-corrected chi connectivity index (χ1v) is 9.36. The fourth-order valence-electron chi connectivity index (χ4n) is 2.62. The van der Waals surface area contributed by atoms with Gasteiger partial charge in [-0.15, -0.1) is 11.3 Å². The third-order valence-corrected chi connectivity index (χ3v) is 5.70. The Morgan fingerprint density at radius 2 is 2.28 bits per heavy atom. The maximum atomic E-state index is 12.5. The SMILES string of the molecule is Cc1cc(C(=O)N2CCc3nc(NC(=O)c4cccs4)sc3C2)no1. The zero-order valence-corrected chi connectivity index (χ0v) is 14.9. The molecule has 7 nitrogen and oxygen atoms in total. The molecule has 4 rings (SSSR count). The van der Waals surface area contributed by atoms with Crippen LogP contribution in [0.4, 0.5) is 5.13 Å². The summed E-state index contributed by atoms with van der Waals surface area (Å²) in [6.45, 7) is 2.79. The number of amides is 2. The summed E-state index contributed by atoms with van der Waals surface area (Å²) in [4.78, 5) is 32.5. The first-order chi connectivity index (χ1) is 12.1. The monoisotopic (exact) mass is 374 g/mol. The number of nitrogens with zero attached hydrogens (tertiary/aromatic N) is 3. The summed E-state index contributed by atoms with van der Waals surface area (Å²) in [7, 11) is 0. The number of aromatic nitrogens is 2. The standard InChI is InChI=1S/C16H14N4O3S2/c1-9-7-11(19-23-9)15(22)20-5-4-10-13(8-20)25-16(17-10)18-14(21)12-3-2-6-24-12/h2-3,6-7H,4-5,8H2,1H3,(H,17,18,21). The molecule has 1 aliphatic heterocycles. The highest BCUT2D eigenvalue weighted by Gasteiger charge is 2.27. The van der Waals surface area contributed by atoms with E-state index in [0.29, 0.717) is 41.0 Å². The first kappa shape index (κ1) is 16.0. The van der Waals surface area contributed by atoms with E-state index in [0.717, 1.165) is 10.6 Å². The number of anilines is 1. The number of carbonyl (C=O) groups excluding carboxylic acids is 2. The van der Waals surface area contributed by atoms with Crippen LogP contribution in [0.3, 0.4) is 0 Å². The van der Waals surface area contributed by atoms with Crippen LogP contribution in [0, 0.1) is 6.92 Å². The number of hydrogen-bond donors (Lipinski definition) is 1. The van der Waals surface area contributed by atoms with E-state index in [-0.39, 0.29) is 11.8 Å². The van der Waals surface area contributed by atoms with Crippen LogP contribution in [0.2, 0.25) is 0 Å². The molecule has 4 heterocycles. The Kier molecular flexibility index (Phi) is 4.10. The number of fused-ring (bicyclic) bond motifs is 1. The van der Waals surface area contributed by atoms with Crippen LogP contribution >= 0.6 is 22.7 Å². The van der Waals surface area contributed by atoms with Gasteiger partial charge < -0.3 is 9.42 Å². The molecule has 0 spiro atoms. The molecule has 2 amide bonds. The molecule has 0 saturated carbocycles. The van der Waals surface area contributed by atoms with E-state index in [1.54, 1.807) is 24.0 Å². The van der Waals surface area contributed by atoms with Gasteiger partial charge in [0.1, 0.15) is 5.76 Å². The topological polar surface area (TPSA) is 88.3 Å². The van der Waals surface area contributed by atoms with Crippen LogP contribution in [-0.2, 0) is 13.0 Å². The van der Waals surface area contributed by atoms with Crippen molar-refractivity contribution in [2.24, 2.45) is 0 Å². The highest BCUT2D eigenvalue weighted by molar-refractivity contribution is 7.16. The van der Waals surface area contributed by atoms with E-state index in [1.165, 1.54) is 22.7 Å². The van der Waals surface area contributed by atoms with Crippen molar-refractivity contribution >= 4 is 39.6 Å². The lowest BCUT2D eigenvalue weighted by Gasteiger charge is -2.25. The van der Waals surface area contributed by atoms with Crippen molar-refractivity contribution in [2.45, 2.75) is 19.9 Å². The maximum Gasteiger partial charge on any atom is 0.276 e. The highest BCUT2D eigenvalue weighted by Crippen LogP contribution is 2.29. The minimum Gasteiger partial charge on any atom is -0.361 e. The van der Waals surface area contributed by atoms with Gasteiger partial charge in [-0.05, 0) is 18.4 Å². The highest BCUT2D eigenvalue weighted by atomic mass is 32.1. The maximum absolute atomic E-state index is 12.5. The molecule has 0 unspecified atom stereocenters. The fraction of sp³-hybridized carbons (Fsp3) is 0.250. The molecule has 128 valence electrons. The lowest BCUT2D eigenvalue weighted by Crippen LogP contribution is -2.35. The zero-order valence-electron chi connectivity index (χ0n) is 13.3. The van der Waals surface area contributed by atoms with Crippen molar-refractivity contribution in [2.75, 3.05) is 11.9 Å². The average molecular weight is 374 g/mol. The molecule has 3 aromatic heterocycles. The Morgan fingerprint density at radius 1 is 1.40 bits per heavy atom. The number of rotatable bonds is 3. The lowest BCUT2D eigenvalue weighted by atomic mass is 10.1. The number of thiazole rings is 1. The third-order valence-electron chi connectivity index (χ3n) is 3.83. The molecule has 3 aromatic rings. The Bertz CT molecular complexity index is 929. The van der Waals surface area contributed by atoms with Gasteiger partial charge in [-0.1, -0.05) is 22.6 Å². The molecule has 0 atom stereocenters. The smallest absolute Gasteiger partial charge is 0.276 e. The van der Waals surface area contributed by atoms with Crippen molar-refractivity contribution < 1.29 is 14.1 Å². The number of hydrogen-bond acceptors (Lipinski definition) is 7. The first-order valence-electron chi connectivity index (χ1n) is 7.66. The number of nitrogens with one attached hydrogen (secondary N) is 1. The summed E-state index contributed by atoms with van der Waals surface area (Å²) in [5, 5.41) is 9.04. The van der Waals surface area contributed by atoms with Crippen molar-refractivity contribution in [3.8, 4) is 0 Å². The summed E-state index contributed by atoms with van der Waals surface area (Å²) < 4.78 is 4.98. The van der Waals surface area contributed by atoms with Crippen molar-refractivity contribution in [1.29, 1.82) is 0 Å². The number of aryl methyl sites for hydroxylation is 1. The molecule has 9 heteroatoms. The summed E-state index contributed by atoms with van der Waals surface area (Å²) in [5.41, 5.74) is 1.25. The normalized spacial score (nSPS) is 13.6. The van der Waals surface area contributed by atoms with Gasteiger partial charge in [-0.3, -0.25) is 14.9 Å². The lowest BCUT2D eigenvalue weighted by molar-refractivity contribution is 0.0725. The minimum atomic E-state index is -0.160. The van der Waals surface area contributed by atoms with E-state index < -0.39 is 0 Å². The van der Waals surface area contributed by atoms with E-state index in [2.05, 4.69) is 15.5 Å². The minimum absolute atomic E-state index is 0.153. The van der Waals surface area contributed by atoms with E-state index in [1.807, 2.05) is 11.4 Å². The molecule has 1 aliphatic rings. The summed E-state index contributed by atoms with van der Waals surface area (Å²) >= 11 is 2.79. The quantitative estimate of drug-likeness (QED) is 0.761. The molecule has 0 radical (unpaired) electrons. The Morgan fingerprint density at radius 3 is 3.00 bits per heavy atom. The summed E-state index contributed by atoms with van der Waals surface area (Å²) in [5.74, 6) is 0.296. The second-order valence-corrected chi connectivity index (χ2v) is 7.65. The van der Waals surface area contributed by atoms with Crippen LogP contribution in [-0.4, -0.2) is 33.4 Å². The Hall–Kier alpha value is -2.52. The van der Waals surface area contributed by atoms with Crippen molar-refractivity contribution in [1.82, 2.24) is 15.0 Å².